The summed E-state index contributed by atoms with van der Waals surface area (Å²) >= 11 is 0. The van der Waals surface area contributed by atoms with Crippen LogP contribution in [0.2, 0.25) is 0 Å². The van der Waals surface area contributed by atoms with Gasteiger partial charge < -0.3 is 18.9 Å². The van der Waals surface area contributed by atoms with Crippen molar-refractivity contribution in [2.75, 3.05) is 33.9 Å². The van der Waals surface area contributed by atoms with Crippen LogP contribution in [0, 0.1) is 0 Å². The van der Waals surface area contributed by atoms with Crippen LogP contribution in [0.4, 0.5) is 0 Å². The number of fused-ring (bicyclic) bond motifs is 6. The Balaban J connectivity index is 1.40. The fourth-order valence-electron chi connectivity index (χ4n) is 5.46. The third-order valence-corrected chi connectivity index (χ3v) is 7.49. The van der Waals surface area contributed by atoms with Crippen molar-refractivity contribution in [3.05, 3.63) is 86.7 Å². The molecular weight excluding hydrogens is 556 g/mol. The van der Waals surface area contributed by atoms with Crippen LogP contribution >= 0.6 is 0 Å². The Morgan fingerprint density at radius 1 is 0.814 bits per heavy atom. The molecule has 5 aromatic rings. The monoisotopic (exact) mass is 582 g/mol. The molecule has 1 aliphatic carbocycles. The lowest BCUT2D eigenvalue weighted by Crippen LogP contribution is -2.36. The Morgan fingerprint density at radius 3 is 2.21 bits per heavy atom. The number of rotatable bonds is 8. The second-order valence-electron chi connectivity index (χ2n) is 9.71. The van der Waals surface area contributed by atoms with Gasteiger partial charge in [-0.05, 0) is 18.2 Å². The zero-order valence-electron chi connectivity index (χ0n) is 23.7. The highest BCUT2D eigenvalue weighted by Gasteiger charge is 2.34. The minimum absolute atomic E-state index is 0.0286. The van der Waals surface area contributed by atoms with Crippen molar-refractivity contribution in [2.45, 2.75) is 13.0 Å². The average molecular weight is 583 g/mol. The molecule has 12 heteroatoms. The summed E-state index contributed by atoms with van der Waals surface area (Å²) in [6.45, 7) is -0.0286. The standard InChI is InChI=1S/C31H26N4O8/c1-40-21-10-9-18-25-27(16-7-5-6-8-17(16)28(25)37)35(31(39)26(18)29(21)43-4)33-24(36)11-12-34-15-32-20-14-23(42-3)22(41-2)13-19(20)30(34)38/h5-10,13-15H,11-12H2,1-4H3,(H,33,36). The summed E-state index contributed by atoms with van der Waals surface area (Å²) in [7, 11) is 5.78. The normalized spacial score (nSPS) is 11.8. The molecule has 0 fully saturated rings. The predicted molar refractivity (Wildman–Crippen MR) is 158 cm³/mol. The molecule has 0 unspecified atom stereocenters. The molecule has 218 valence electrons. The minimum atomic E-state index is -0.604. The van der Waals surface area contributed by atoms with Gasteiger partial charge in [-0.15, -0.1) is 0 Å². The van der Waals surface area contributed by atoms with Gasteiger partial charge in [-0.2, -0.15) is 0 Å². The molecular formula is C31H26N4O8. The summed E-state index contributed by atoms with van der Waals surface area (Å²) in [4.78, 5) is 58.4. The number of aryl methyl sites for hydroxylation is 1. The highest BCUT2D eigenvalue weighted by Crippen LogP contribution is 2.42. The van der Waals surface area contributed by atoms with E-state index in [-0.39, 0.29) is 46.7 Å². The number of hydrogen-bond donors (Lipinski definition) is 1. The van der Waals surface area contributed by atoms with E-state index < -0.39 is 11.5 Å². The van der Waals surface area contributed by atoms with Crippen LogP contribution in [0.15, 0.2) is 64.4 Å². The number of methoxy groups -OCH3 is 4. The largest absolute Gasteiger partial charge is 0.493 e. The lowest BCUT2D eigenvalue weighted by molar-refractivity contribution is -0.117. The van der Waals surface area contributed by atoms with Crippen LogP contribution in [0.25, 0.3) is 32.9 Å². The lowest BCUT2D eigenvalue weighted by atomic mass is 10.0. The van der Waals surface area contributed by atoms with Gasteiger partial charge >= 0.3 is 0 Å². The first-order valence-corrected chi connectivity index (χ1v) is 13.2. The summed E-state index contributed by atoms with van der Waals surface area (Å²) in [6.07, 6.45) is 1.17. The number of ketones is 1. The molecule has 12 nitrogen and oxygen atoms in total. The summed E-state index contributed by atoms with van der Waals surface area (Å²) < 4.78 is 23.9. The van der Waals surface area contributed by atoms with Crippen molar-refractivity contribution in [3.63, 3.8) is 0 Å². The molecule has 1 amide bonds. The molecule has 3 aromatic carbocycles. The molecule has 1 N–H and O–H groups in total. The molecule has 0 saturated heterocycles. The maximum absolute atomic E-state index is 14.0. The van der Waals surface area contributed by atoms with E-state index in [1.807, 2.05) is 0 Å². The van der Waals surface area contributed by atoms with Gasteiger partial charge in [0.05, 0.1) is 62.3 Å². The van der Waals surface area contributed by atoms with Crippen LogP contribution in [-0.2, 0) is 11.3 Å². The van der Waals surface area contributed by atoms with Crippen molar-refractivity contribution in [1.82, 2.24) is 14.2 Å². The topological polar surface area (TPSA) is 140 Å². The molecule has 0 saturated carbocycles. The number of amides is 1. The summed E-state index contributed by atoms with van der Waals surface area (Å²) in [5, 5.41) is 0.756. The van der Waals surface area contributed by atoms with Gasteiger partial charge in [-0.3, -0.25) is 29.2 Å². The van der Waals surface area contributed by atoms with E-state index in [0.29, 0.717) is 44.7 Å². The molecule has 0 spiro atoms. The van der Waals surface area contributed by atoms with Crippen LogP contribution < -0.4 is 35.5 Å². The summed E-state index contributed by atoms with van der Waals surface area (Å²) in [6, 6.07) is 13.3. The van der Waals surface area contributed by atoms with Gasteiger partial charge in [0.25, 0.3) is 11.1 Å². The lowest BCUT2D eigenvalue weighted by Gasteiger charge is -2.18. The van der Waals surface area contributed by atoms with Crippen molar-refractivity contribution in [1.29, 1.82) is 0 Å². The quantitative estimate of drug-likeness (QED) is 0.287. The summed E-state index contributed by atoms with van der Waals surface area (Å²) in [5.41, 5.74) is 3.53. The van der Waals surface area contributed by atoms with Crippen molar-refractivity contribution < 1.29 is 28.5 Å². The number of ether oxygens (including phenoxy) is 4. The van der Waals surface area contributed by atoms with Gasteiger partial charge in [-0.1, -0.05) is 24.3 Å². The fraction of sp³-hybridized carbons (Fsp3) is 0.194. The number of carbonyl (C=O) groups excluding carboxylic acids is 2. The third kappa shape index (κ3) is 4.26. The molecule has 2 aromatic heterocycles. The van der Waals surface area contributed by atoms with Crippen LogP contribution in [0.1, 0.15) is 22.3 Å². The second kappa shape index (κ2) is 10.6. The number of hydrogen-bond acceptors (Lipinski definition) is 9. The maximum atomic E-state index is 14.0. The Bertz CT molecular complexity index is 2100. The highest BCUT2D eigenvalue weighted by atomic mass is 16.5. The van der Waals surface area contributed by atoms with E-state index >= 15 is 0 Å². The Labute approximate surface area is 244 Å². The molecule has 0 radical (unpaired) electrons. The van der Waals surface area contributed by atoms with Crippen molar-refractivity contribution in [2.24, 2.45) is 0 Å². The van der Waals surface area contributed by atoms with E-state index in [4.69, 9.17) is 18.9 Å². The second-order valence-corrected chi connectivity index (χ2v) is 9.71. The maximum Gasteiger partial charge on any atom is 0.281 e. The molecule has 0 atom stereocenters. The number of carbonyl (C=O) groups is 2. The SMILES string of the molecule is COc1cc2ncn(CCC(=O)Nn3c4c(c5ccc(OC)c(OC)c5c3=O)C(=O)c3ccccc3-4)c(=O)c2cc1OC. The Hall–Kier alpha value is -5.65. The fourth-order valence-corrected chi connectivity index (χ4v) is 5.46. The van der Waals surface area contributed by atoms with Gasteiger partial charge in [0.15, 0.2) is 28.8 Å². The number of aromatic nitrogens is 3. The van der Waals surface area contributed by atoms with Crippen LogP contribution in [-0.4, -0.2) is 54.4 Å². The minimum Gasteiger partial charge on any atom is -0.493 e. The molecule has 0 aliphatic heterocycles. The number of nitrogens with one attached hydrogen (secondary N) is 1. The smallest absolute Gasteiger partial charge is 0.281 e. The first-order chi connectivity index (χ1) is 20.8. The predicted octanol–water partition coefficient (Wildman–Crippen LogP) is 3.12. The molecule has 43 heavy (non-hydrogen) atoms. The zero-order chi connectivity index (χ0) is 30.4. The Kier molecular flexibility index (Phi) is 6.81. The van der Waals surface area contributed by atoms with Gasteiger partial charge in [0.2, 0.25) is 5.91 Å². The van der Waals surface area contributed by atoms with E-state index in [1.165, 1.54) is 45.4 Å². The highest BCUT2D eigenvalue weighted by molar-refractivity contribution is 6.27. The molecule has 1 aliphatic rings. The first kappa shape index (κ1) is 27.5. The van der Waals surface area contributed by atoms with Crippen LogP contribution in [0.5, 0.6) is 23.0 Å². The van der Waals surface area contributed by atoms with Gasteiger partial charge in [0, 0.05) is 35.5 Å². The number of nitrogens with zero attached hydrogens (tertiary/aromatic N) is 3. The number of benzene rings is 3. The average Bonchev–Trinajstić information content (AvgIpc) is 3.33. The molecule has 2 heterocycles. The molecule has 0 bridgehead atoms. The van der Waals surface area contributed by atoms with E-state index in [0.717, 1.165) is 4.68 Å². The van der Waals surface area contributed by atoms with Gasteiger partial charge in [0.1, 0.15) is 0 Å². The van der Waals surface area contributed by atoms with Crippen molar-refractivity contribution >= 4 is 33.4 Å². The Morgan fingerprint density at radius 2 is 1.51 bits per heavy atom. The van der Waals surface area contributed by atoms with Crippen molar-refractivity contribution in [3.8, 4) is 34.3 Å². The summed E-state index contributed by atoms with van der Waals surface area (Å²) in [5.74, 6) is 0.386. The number of pyridine rings is 1. The third-order valence-electron chi connectivity index (χ3n) is 7.49. The first-order valence-electron chi connectivity index (χ1n) is 13.2. The molecule has 6 rings (SSSR count). The van der Waals surface area contributed by atoms with E-state index in [9.17, 15) is 19.2 Å². The van der Waals surface area contributed by atoms with E-state index in [2.05, 4.69) is 10.4 Å². The van der Waals surface area contributed by atoms with Crippen LogP contribution in [0.3, 0.4) is 0 Å². The zero-order valence-corrected chi connectivity index (χ0v) is 23.7. The van der Waals surface area contributed by atoms with Gasteiger partial charge in [-0.25, -0.2) is 9.66 Å². The van der Waals surface area contributed by atoms with E-state index in [1.54, 1.807) is 42.5 Å².